The molecule has 6 nitrogen and oxygen atoms in total. The molecule has 0 aliphatic heterocycles. The Morgan fingerprint density at radius 3 is 2.56 bits per heavy atom. The number of carbonyl (C=O) groups excluding carboxylic acids is 1. The van der Waals surface area contributed by atoms with Gasteiger partial charge in [0, 0.05) is 17.1 Å². The summed E-state index contributed by atoms with van der Waals surface area (Å²) in [5.74, 6) is -0.468. The van der Waals surface area contributed by atoms with Crippen molar-refractivity contribution in [1.82, 2.24) is 4.98 Å². The number of benzene rings is 2. The molecule has 0 atom stereocenters. The summed E-state index contributed by atoms with van der Waals surface area (Å²) in [7, 11) is -2.36. The number of thiazole rings is 1. The third-order valence-corrected chi connectivity index (χ3v) is 6.98. The van der Waals surface area contributed by atoms with E-state index in [0.717, 1.165) is 20.1 Å². The number of hydrogen-bond acceptors (Lipinski definition) is 5. The number of nitrogens with zero attached hydrogens (tertiary/aromatic N) is 2. The van der Waals surface area contributed by atoms with Gasteiger partial charge in [0.15, 0.2) is 5.13 Å². The van der Waals surface area contributed by atoms with Crippen LogP contribution in [0.1, 0.15) is 10.4 Å². The summed E-state index contributed by atoms with van der Waals surface area (Å²) in [6, 6.07) is 12.7. The van der Waals surface area contributed by atoms with Crippen molar-refractivity contribution >= 4 is 65.6 Å². The molecule has 0 saturated heterocycles. The number of amides is 1. The second-order valence-electron chi connectivity index (χ2n) is 5.40. The maximum atomic E-state index is 12.9. The standard InChI is InChI=1S/C17H13BrClN3O3S2/c1-22(13-7-5-12(18)6-8-13)27(24,25)14-4-2-3-11(9-14)16(23)21-17-20-10-15(19)26-17/h2-10H,1H3,(H,20,21,23). The molecule has 140 valence electrons. The number of hydrogen-bond donors (Lipinski definition) is 1. The van der Waals surface area contributed by atoms with Gasteiger partial charge in [0.25, 0.3) is 15.9 Å². The van der Waals surface area contributed by atoms with E-state index in [1.54, 1.807) is 24.3 Å². The molecule has 2 aromatic carbocycles. The highest BCUT2D eigenvalue weighted by Gasteiger charge is 2.22. The number of sulfonamides is 1. The van der Waals surface area contributed by atoms with Gasteiger partial charge in [0.05, 0.1) is 16.8 Å². The Bertz CT molecular complexity index is 1080. The first-order chi connectivity index (χ1) is 12.8. The number of halogens is 2. The fourth-order valence-corrected chi connectivity index (χ4v) is 4.54. The smallest absolute Gasteiger partial charge is 0.264 e. The molecule has 1 amide bonds. The summed E-state index contributed by atoms with van der Waals surface area (Å²) in [4.78, 5) is 16.3. The van der Waals surface area contributed by atoms with Gasteiger partial charge in [-0.3, -0.25) is 14.4 Å². The molecule has 0 radical (unpaired) electrons. The van der Waals surface area contributed by atoms with Gasteiger partial charge in [-0.2, -0.15) is 0 Å². The van der Waals surface area contributed by atoms with E-state index in [2.05, 4.69) is 26.2 Å². The average molecular weight is 487 g/mol. The van der Waals surface area contributed by atoms with Crippen molar-refractivity contribution in [3.8, 4) is 0 Å². The lowest BCUT2D eigenvalue weighted by Gasteiger charge is -2.20. The Labute approximate surface area is 174 Å². The Balaban J connectivity index is 1.87. The molecule has 0 fully saturated rings. The Morgan fingerprint density at radius 2 is 1.93 bits per heavy atom. The van der Waals surface area contributed by atoms with Crippen LogP contribution in [-0.4, -0.2) is 26.4 Å². The predicted molar refractivity (Wildman–Crippen MR) is 111 cm³/mol. The summed E-state index contributed by atoms with van der Waals surface area (Å²) in [6.07, 6.45) is 1.43. The molecule has 3 rings (SSSR count). The molecule has 3 aromatic rings. The summed E-state index contributed by atoms with van der Waals surface area (Å²) in [5, 5.41) is 2.93. The highest BCUT2D eigenvalue weighted by molar-refractivity contribution is 9.10. The minimum Gasteiger partial charge on any atom is -0.298 e. The van der Waals surface area contributed by atoms with E-state index in [1.807, 2.05) is 0 Å². The summed E-state index contributed by atoms with van der Waals surface area (Å²) < 4.78 is 28.3. The highest BCUT2D eigenvalue weighted by Crippen LogP contribution is 2.25. The van der Waals surface area contributed by atoms with E-state index in [9.17, 15) is 13.2 Å². The molecular formula is C17H13BrClN3O3S2. The molecule has 1 aromatic heterocycles. The van der Waals surface area contributed by atoms with Gasteiger partial charge in [-0.1, -0.05) is 44.9 Å². The SMILES string of the molecule is CN(c1ccc(Br)cc1)S(=O)(=O)c1cccc(C(=O)Nc2ncc(Cl)s2)c1. The van der Waals surface area contributed by atoms with Gasteiger partial charge in [0.1, 0.15) is 4.34 Å². The first-order valence-electron chi connectivity index (χ1n) is 7.54. The molecule has 0 aliphatic carbocycles. The minimum absolute atomic E-state index is 0.0118. The maximum Gasteiger partial charge on any atom is 0.264 e. The predicted octanol–water partition coefficient (Wildman–Crippen LogP) is 4.64. The van der Waals surface area contributed by atoms with Crippen molar-refractivity contribution < 1.29 is 13.2 Å². The van der Waals surface area contributed by atoms with Crippen LogP contribution in [-0.2, 0) is 10.0 Å². The number of rotatable bonds is 5. The van der Waals surface area contributed by atoms with E-state index in [-0.39, 0.29) is 10.5 Å². The second kappa shape index (κ2) is 7.97. The van der Waals surface area contributed by atoms with Crippen LogP contribution < -0.4 is 9.62 Å². The van der Waals surface area contributed by atoms with Crippen LogP contribution in [0.15, 0.2) is 64.1 Å². The third-order valence-electron chi connectivity index (χ3n) is 3.64. The lowest BCUT2D eigenvalue weighted by atomic mass is 10.2. The van der Waals surface area contributed by atoms with E-state index in [0.29, 0.717) is 15.2 Å². The molecule has 0 aliphatic rings. The number of aromatic nitrogens is 1. The zero-order valence-electron chi connectivity index (χ0n) is 13.9. The van der Waals surface area contributed by atoms with Gasteiger partial charge in [-0.15, -0.1) is 0 Å². The van der Waals surface area contributed by atoms with Gasteiger partial charge in [-0.05, 0) is 42.5 Å². The number of anilines is 2. The first kappa shape index (κ1) is 19.8. The molecule has 0 spiro atoms. The normalized spacial score (nSPS) is 11.2. The Kier molecular flexibility index (Phi) is 5.85. The van der Waals surface area contributed by atoms with Crippen LogP contribution in [0.5, 0.6) is 0 Å². The van der Waals surface area contributed by atoms with Crippen LogP contribution in [0.2, 0.25) is 4.34 Å². The largest absolute Gasteiger partial charge is 0.298 e. The lowest BCUT2D eigenvalue weighted by Crippen LogP contribution is -2.26. The van der Waals surface area contributed by atoms with Crippen molar-refractivity contribution in [2.75, 3.05) is 16.7 Å². The zero-order chi connectivity index (χ0) is 19.6. The van der Waals surface area contributed by atoms with Crippen molar-refractivity contribution in [1.29, 1.82) is 0 Å². The summed E-state index contributed by atoms with van der Waals surface area (Å²) in [6.45, 7) is 0. The molecule has 1 heterocycles. The third kappa shape index (κ3) is 4.49. The molecule has 0 bridgehead atoms. The molecule has 1 N–H and O–H groups in total. The summed E-state index contributed by atoms with van der Waals surface area (Å²) in [5.41, 5.74) is 0.706. The highest BCUT2D eigenvalue weighted by atomic mass is 79.9. The molecule has 10 heteroatoms. The zero-order valence-corrected chi connectivity index (χ0v) is 17.9. The van der Waals surface area contributed by atoms with Crippen LogP contribution in [0, 0.1) is 0 Å². The van der Waals surface area contributed by atoms with E-state index >= 15 is 0 Å². The fraction of sp³-hybridized carbons (Fsp3) is 0.0588. The average Bonchev–Trinajstić information content (AvgIpc) is 3.06. The van der Waals surface area contributed by atoms with Gasteiger partial charge in [0.2, 0.25) is 0 Å². The van der Waals surface area contributed by atoms with E-state index < -0.39 is 15.9 Å². The summed E-state index contributed by atoms with van der Waals surface area (Å²) >= 11 is 10.2. The van der Waals surface area contributed by atoms with Crippen LogP contribution >= 0.6 is 38.9 Å². The minimum atomic E-state index is -3.83. The second-order valence-corrected chi connectivity index (χ2v) is 9.95. The van der Waals surface area contributed by atoms with Crippen molar-refractivity contribution in [3.05, 3.63) is 69.1 Å². The van der Waals surface area contributed by atoms with Gasteiger partial charge < -0.3 is 0 Å². The topological polar surface area (TPSA) is 79.4 Å². The molecule has 0 unspecified atom stereocenters. The first-order valence-corrected chi connectivity index (χ1v) is 11.0. The van der Waals surface area contributed by atoms with E-state index in [4.69, 9.17) is 11.6 Å². The molecule has 0 saturated carbocycles. The molecule has 27 heavy (non-hydrogen) atoms. The van der Waals surface area contributed by atoms with E-state index in [1.165, 1.54) is 37.5 Å². The number of carbonyl (C=O) groups is 1. The quantitative estimate of drug-likeness (QED) is 0.570. The monoisotopic (exact) mass is 485 g/mol. The fourth-order valence-electron chi connectivity index (χ4n) is 2.23. The lowest BCUT2D eigenvalue weighted by molar-refractivity contribution is 0.102. The van der Waals surface area contributed by atoms with Crippen LogP contribution in [0.3, 0.4) is 0 Å². The Morgan fingerprint density at radius 1 is 1.22 bits per heavy atom. The Hall–Kier alpha value is -1.94. The van der Waals surface area contributed by atoms with Crippen molar-refractivity contribution in [2.24, 2.45) is 0 Å². The molecular weight excluding hydrogens is 474 g/mol. The van der Waals surface area contributed by atoms with Crippen molar-refractivity contribution in [3.63, 3.8) is 0 Å². The van der Waals surface area contributed by atoms with Crippen LogP contribution in [0.25, 0.3) is 0 Å². The number of nitrogens with one attached hydrogen (secondary N) is 1. The van der Waals surface area contributed by atoms with Gasteiger partial charge in [-0.25, -0.2) is 13.4 Å². The maximum absolute atomic E-state index is 12.9. The van der Waals surface area contributed by atoms with Gasteiger partial charge >= 0.3 is 0 Å². The van der Waals surface area contributed by atoms with Crippen LogP contribution in [0.4, 0.5) is 10.8 Å². The van der Waals surface area contributed by atoms with Crippen molar-refractivity contribution in [2.45, 2.75) is 4.90 Å².